The van der Waals surface area contributed by atoms with E-state index in [1.54, 1.807) is 0 Å². The molecule has 0 fully saturated rings. The van der Waals surface area contributed by atoms with Crippen molar-refractivity contribution in [3.05, 3.63) is 0 Å². The molecule has 0 spiro atoms. The highest BCUT2D eigenvalue weighted by molar-refractivity contribution is 6.41. The van der Waals surface area contributed by atoms with Gasteiger partial charge in [-0.15, -0.1) is 0 Å². The molecule has 0 saturated carbocycles. The number of hydrogen-bond acceptors (Lipinski definition) is 6. The van der Waals surface area contributed by atoms with Crippen molar-refractivity contribution < 1.29 is 29.4 Å². The Kier molecular flexibility index (Phi) is 5.26. The molecule has 8 nitrogen and oxygen atoms in total. The summed E-state index contributed by atoms with van der Waals surface area (Å²) in [5, 5.41) is 16.7. The molecule has 6 N–H and O–H groups in total. The van der Waals surface area contributed by atoms with Gasteiger partial charge in [0.05, 0.1) is 24.9 Å². The van der Waals surface area contributed by atoms with Crippen LogP contribution in [0.5, 0.6) is 0 Å². The second kappa shape index (κ2) is 5.93. The van der Waals surface area contributed by atoms with Crippen LogP contribution in [-0.2, 0) is 19.2 Å². The highest BCUT2D eigenvalue weighted by atomic mass is 16.4. The van der Waals surface area contributed by atoms with E-state index >= 15 is 0 Å². The van der Waals surface area contributed by atoms with Crippen LogP contribution in [0.2, 0.25) is 0 Å². The smallest absolute Gasteiger partial charge is 0.305 e. The van der Waals surface area contributed by atoms with Crippen LogP contribution in [0.15, 0.2) is 0 Å². The number of hydrogen-bond donors (Lipinski definition) is 4. The van der Waals surface area contributed by atoms with Crippen LogP contribution in [0, 0.1) is 0 Å². The van der Waals surface area contributed by atoms with Gasteiger partial charge in [-0.2, -0.15) is 0 Å². The van der Waals surface area contributed by atoms with Gasteiger partial charge in [-0.25, -0.2) is 0 Å². The molecule has 90 valence electrons. The third-order valence-electron chi connectivity index (χ3n) is 1.71. The predicted molar refractivity (Wildman–Crippen MR) is 50.5 cm³/mol. The molecule has 0 aromatic rings. The SMILES string of the molecule is N[C@@H](CC(=O)O)C(=O)C(=O)[C@@H](N)CC(=O)O. The highest BCUT2D eigenvalue weighted by Gasteiger charge is 2.29. The Bertz CT molecular complexity index is 294. The molecule has 16 heavy (non-hydrogen) atoms. The Morgan fingerprint density at radius 1 is 0.812 bits per heavy atom. The van der Waals surface area contributed by atoms with E-state index in [9.17, 15) is 19.2 Å². The average Bonchev–Trinajstić information content (AvgIpc) is 2.13. The maximum atomic E-state index is 11.2. The highest BCUT2D eigenvalue weighted by Crippen LogP contribution is 1.98. The molecule has 0 aliphatic carbocycles. The fourth-order valence-electron chi connectivity index (χ4n) is 0.927. The van der Waals surface area contributed by atoms with E-state index in [4.69, 9.17) is 21.7 Å². The zero-order valence-electron chi connectivity index (χ0n) is 8.25. The predicted octanol–water partition coefficient (Wildman–Crippen LogP) is -2.27. The van der Waals surface area contributed by atoms with Crippen molar-refractivity contribution >= 4 is 23.5 Å². The molecule has 0 heterocycles. The van der Waals surface area contributed by atoms with Gasteiger partial charge in [0.15, 0.2) is 0 Å². The number of aliphatic carboxylic acids is 2. The van der Waals surface area contributed by atoms with E-state index in [1.807, 2.05) is 0 Å². The van der Waals surface area contributed by atoms with Gasteiger partial charge in [0.2, 0.25) is 11.6 Å². The van der Waals surface area contributed by atoms with Gasteiger partial charge in [-0.1, -0.05) is 0 Å². The third-order valence-corrected chi connectivity index (χ3v) is 1.71. The summed E-state index contributed by atoms with van der Waals surface area (Å²) in [6.07, 6.45) is -1.41. The largest absolute Gasteiger partial charge is 0.481 e. The van der Waals surface area contributed by atoms with E-state index in [2.05, 4.69) is 0 Å². The fourth-order valence-corrected chi connectivity index (χ4v) is 0.927. The first kappa shape index (κ1) is 14.2. The first-order chi connectivity index (χ1) is 7.25. The number of rotatable bonds is 7. The quantitative estimate of drug-likeness (QED) is 0.357. The van der Waals surface area contributed by atoms with Crippen LogP contribution >= 0.6 is 0 Å². The first-order valence-corrected chi connectivity index (χ1v) is 4.28. The zero-order valence-corrected chi connectivity index (χ0v) is 8.25. The zero-order chi connectivity index (χ0) is 12.9. The van der Waals surface area contributed by atoms with Crippen LogP contribution < -0.4 is 11.5 Å². The minimum atomic E-state index is -1.50. The maximum Gasteiger partial charge on any atom is 0.305 e. The van der Waals surface area contributed by atoms with Crippen molar-refractivity contribution in [3.63, 3.8) is 0 Å². The number of ketones is 2. The van der Waals surface area contributed by atoms with Crippen molar-refractivity contribution in [1.82, 2.24) is 0 Å². The minimum Gasteiger partial charge on any atom is -0.481 e. The molecule has 0 aromatic heterocycles. The van der Waals surface area contributed by atoms with Crippen molar-refractivity contribution in [2.45, 2.75) is 24.9 Å². The summed E-state index contributed by atoms with van der Waals surface area (Å²) in [4.78, 5) is 42.8. The van der Waals surface area contributed by atoms with Crippen LogP contribution in [-0.4, -0.2) is 45.8 Å². The van der Waals surface area contributed by atoms with E-state index in [0.717, 1.165) is 0 Å². The number of carbonyl (C=O) groups excluding carboxylic acids is 2. The number of carboxylic acid groups (broad SMARTS) is 2. The summed E-state index contributed by atoms with van der Waals surface area (Å²) in [6.45, 7) is 0. The number of carbonyl (C=O) groups is 4. The van der Waals surface area contributed by atoms with E-state index < -0.39 is 48.4 Å². The Morgan fingerprint density at radius 3 is 1.25 bits per heavy atom. The summed E-state index contributed by atoms with van der Waals surface area (Å²) in [7, 11) is 0. The van der Waals surface area contributed by atoms with Gasteiger partial charge in [0.1, 0.15) is 0 Å². The Hall–Kier alpha value is -1.80. The van der Waals surface area contributed by atoms with E-state index in [0.29, 0.717) is 0 Å². The number of nitrogens with two attached hydrogens (primary N) is 2. The van der Waals surface area contributed by atoms with E-state index in [1.165, 1.54) is 0 Å². The van der Waals surface area contributed by atoms with Gasteiger partial charge in [0.25, 0.3) is 0 Å². The molecule has 2 atom stereocenters. The molecule has 0 aliphatic rings. The van der Waals surface area contributed by atoms with Gasteiger partial charge in [0, 0.05) is 0 Å². The van der Waals surface area contributed by atoms with Crippen molar-refractivity contribution in [3.8, 4) is 0 Å². The van der Waals surface area contributed by atoms with Gasteiger partial charge < -0.3 is 21.7 Å². The average molecular weight is 232 g/mol. The van der Waals surface area contributed by atoms with Gasteiger partial charge >= 0.3 is 11.9 Å². The lowest BCUT2D eigenvalue weighted by Gasteiger charge is -2.10. The molecule has 0 bridgehead atoms. The summed E-state index contributed by atoms with van der Waals surface area (Å²) in [6, 6.07) is -2.99. The molecule has 0 aliphatic heterocycles. The van der Waals surface area contributed by atoms with Crippen LogP contribution in [0.4, 0.5) is 0 Å². The third kappa shape index (κ3) is 4.62. The number of Topliss-reactive ketones (excluding diaryl/α,β-unsaturated/α-hetero) is 2. The second-order valence-corrected chi connectivity index (χ2v) is 3.14. The molecule has 8 heteroatoms. The molecule has 0 amide bonds. The Labute approximate surface area is 90.2 Å². The molecule has 0 unspecified atom stereocenters. The second-order valence-electron chi connectivity index (χ2n) is 3.14. The normalized spacial score (nSPS) is 13.9. The Balaban J connectivity index is 4.43. The molecular formula is C8H12N2O6. The van der Waals surface area contributed by atoms with Crippen LogP contribution in [0.1, 0.15) is 12.8 Å². The fraction of sp³-hybridized carbons (Fsp3) is 0.500. The molecule has 0 aromatic carbocycles. The lowest BCUT2D eigenvalue weighted by atomic mass is 10.00. The van der Waals surface area contributed by atoms with Gasteiger partial charge in [-0.3, -0.25) is 19.2 Å². The molecule has 0 radical (unpaired) electrons. The summed E-state index contributed by atoms with van der Waals surface area (Å²) in [5.41, 5.74) is 10.3. The molecule has 0 rings (SSSR count). The minimum absolute atomic E-state index is 0.704. The maximum absolute atomic E-state index is 11.2. The van der Waals surface area contributed by atoms with Gasteiger partial charge in [-0.05, 0) is 0 Å². The monoisotopic (exact) mass is 232 g/mol. The van der Waals surface area contributed by atoms with Crippen LogP contribution in [0.25, 0.3) is 0 Å². The number of carboxylic acids is 2. The summed E-state index contributed by atoms with van der Waals surface area (Å²) in [5.74, 6) is -5.01. The topological polar surface area (TPSA) is 161 Å². The summed E-state index contributed by atoms with van der Waals surface area (Å²) < 4.78 is 0. The summed E-state index contributed by atoms with van der Waals surface area (Å²) >= 11 is 0. The molecule has 0 saturated heterocycles. The van der Waals surface area contributed by atoms with Crippen molar-refractivity contribution in [2.75, 3.05) is 0 Å². The van der Waals surface area contributed by atoms with Crippen molar-refractivity contribution in [1.29, 1.82) is 0 Å². The lowest BCUT2D eigenvalue weighted by Crippen LogP contribution is -2.46. The van der Waals surface area contributed by atoms with E-state index in [-0.39, 0.29) is 0 Å². The Morgan fingerprint density at radius 2 is 1.06 bits per heavy atom. The van der Waals surface area contributed by atoms with Crippen molar-refractivity contribution in [2.24, 2.45) is 11.5 Å². The standard InChI is InChI=1S/C8H12N2O6/c9-3(1-5(11)12)7(15)8(16)4(10)2-6(13)14/h3-4H,1-2,9-10H2,(H,11,12)(H,13,14)/t3-,4-/m0/s1. The molecular weight excluding hydrogens is 220 g/mol. The first-order valence-electron chi connectivity index (χ1n) is 4.28. The van der Waals surface area contributed by atoms with Crippen LogP contribution in [0.3, 0.4) is 0 Å². The lowest BCUT2D eigenvalue weighted by molar-refractivity contribution is -0.144.